The molecule has 1 amide bonds. The normalized spacial score (nSPS) is 40.5. The van der Waals surface area contributed by atoms with Gasteiger partial charge in [-0.1, -0.05) is 18.2 Å². The van der Waals surface area contributed by atoms with Crippen molar-refractivity contribution >= 4 is 11.6 Å². The number of nitrogens with one attached hydrogen (secondary N) is 1. The monoisotopic (exact) mass is 368 g/mol. The average molecular weight is 369 g/mol. The Morgan fingerprint density at radius 3 is 2.44 bits per heavy atom. The molecule has 4 bridgehead atoms. The number of hydrogen-bond acceptors (Lipinski definition) is 3. The van der Waals surface area contributed by atoms with E-state index in [0.29, 0.717) is 23.8 Å². The first-order valence-corrected chi connectivity index (χ1v) is 10.8. The minimum Gasteiger partial charge on any atom is -0.390 e. The molecule has 1 saturated heterocycles. The topological polar surface area (TPSA) is 52.6 Å². The maximum Gasteiger partial charge on any atom is 0.241 e. The zero-order valence-corrected chi connectivity index (χ0v) is 16.6. The molecule has 5 fully saturated rings. The van der Waals surface area contributed by atoms with Gasteiger partial charge >= 0.3 is 0 Å². The van der Waals surface area contributed by atoms with Crippen molar-refractivity contribution in [3.05, 3.63) is 29.3 Å². The van der Waals surface area contributed by atoms with Gasteiger partial charge in [0, 0.05) is 11.7 Å². The zero-order valence-electron chi connectivity index (χ0n) is 16.6. The molecule has 4 aliphatic carbocycles. The molecule has 4 heteroatoms. The number of nitrogens with zero attached hydrogens (tertiary/aromatic N) is 1. The van der Waals surface area contributed by atoms with Crippen molar-refractivity contribution < 1.29 is 9.90 Å². The Morgan fingerprint density at radius 2 is 1.81 bits per heavy atom. The predicted octanol–water partition coefficient (Wildman–Crippen LogP) is 3.65. The van der Waals surface area contributed by atoms with Gasteiger partial charge in [0.2, 0.25) is 5.91 Å². The molecule has 3 atom stereocenters. The lowest BCUT2D eigenvalue weighted by atomic mass is 9.52. The fraction of sp³-hybridized carbons (Fsp3) is 0.696. The third kappa shape index (κ3) is 2.92. The Labute approximate surface area is 162 Å². The average Bonchev–Trinajstić information content (AvgIpc) is 3.06. The Bertz CT molecular complexity index is 724. The van der Waals surface area contributed by atoms with Crippen molar-refractivity contribution in [2.45, 2.75) is 76.5 Å². The first-order chi connectivity index (χ1) is 12.9. The zero-order chi connectivity index (χ0) is 18.8. The van der Waals surface area contributed by atoms with Gasteiger partial charge in [-0.15, -0.1) is 0 Å². The molecule has 3 unspecified atom stereocenters. The van der Waals surface area contributed by atoms with Crippen LogP contribution < -0.4 is 5.32 Å². The molecule has 4 nitrogen and oxygen atoms in total. The van der Waals surface area contributed by atoms with Crippen molar-refractivity contribution in [3.8, 4) is 0 Å². The number of para-hydroxylation sites is 1. The molecule has 1 aliphatic heterocycles. The van der Waals surface area contributed by atoms with Gasteiger partial charge in [0.15, 0.2) is 0 Å². The summed E-state index contributed by atoms with van der Waals surface area (Å²) in [6.45, 7) is 5.16. The van der Waals surface area contributed by atoms with Crippen LogP contribution in [-0.4, -0.2) is 40.1 Å². The largest absolute Gasteiger partial charge is 0.390 e. The summed E-state index contributed by atoms with van der Waals surface area (Å²) < 4.78 is 0. The summed E-state index contributed by atoms with van der Waals surface area (Å²) in [6.07, 6.45) is 7.49. The van der Waals surface area contributed by atoms with Crippen LogP contribution in [0.3, 0.4) is 0 Å². The number of rotatable bonds is 3. The minimum absolute atomic E-state index is 0.0128. The van der Waals surface area contributed by atoms with E-state index in [-0.39, 0.29) is 11.9 Å². The first kappa shape index (κ1) is 17.7. The van der Waals surface area contributed by atoms with Crippen LogP contribution in [-0.2, 0) is 4.79 Å². The van der Waals surface area contributed by atoms with E-state index in [9.17, 15) is 9.90 Å². The maximum absolute atomic E-state index is 13.2. The Balaban J connectivity index is 1.36. The van der Waals surface area contributed by atoms with E-state index in [1.165, 1.54) is 12.8 Å². The summed E-state index contributed by atoms with van der Waals surface area (Å²) in [7, 11) is 0. The van der Waals surface area contributed by atoms with Crippen molar-refractivity contribution in [1.29, 1.82) is 0 Å². The van der Waals surface area contributed by atoms with Crippen LogP contribution in [0, 0.1) is 31.6 Å². The van der Waals surface area contributed by atoms with Gasteiger partial charge in [-0.3, -0.25) is 9.69 Å². The lowest BCUT2D eigenvalue weighted by Gasteiger charge is -2.60. The van der Waals surface area contributed by atoms with Crippen LogP contribution in [0.4, 0.5) is 5.69 Å². The van der Waals surface area contributed by atoms with Crippen molar-refractivity contribution in [1.82, 2.24) is 4.90 Å². The van der Waals surface area contributed by atoms with E-state index >= 15 is 0 Å². The first-order valence-electron chi connectivity index (χ1n) is 10.8. The molecule has 0 spiro atoms. The summed E-state index contributed by atoms with van der Waals surface area (Å²) in [5.74, 6) is 2.04. The van der Waals surface area contributed by atoms with Gasteiger partial charge in [-0.25, -0.2) is 0 Å². The number of amides is 1. The van der Waals surface area contributed by atoms with Crippen molar-refractivity contribution in [3.63, 3.8) is 0 Å². The molecule has 2 N–H and O–H groups in total. The quantitative estimate of drug-likeness (QED) is 0.856. The van der Waals surface area contributed by atoms with Gasteiger partial charge in [0.25, 0.3) is 0 Å². The Morgan fingerprint density at radius 1 is 1.15 bits per heavy atom. The molecule has 1 aromatic carbocycles. The molecule has 0 radical (unpaired) electrons. The van der Waals surface area contributed by atoms with Gasteiger partial charge in [0.05, 0.1) is 11.6 Å². The summed E-state index contributed by atoms with van der Waals surface area (Å²) >= 11 is 0. The molecule has 27 heavy (non-hydrogen) atoms. The van der Waals surface area contributed by atoms with E-state index in [1.807, 2.05) is 6.07 Å². The molecule has 1 heterocycles. The smallest absolute Gasteiger partial charge is 0.241 e. The summed E-state index contributed by atoms with van der Waals surface area (Å²) in [5, 5.41) is 14.1. The number of carbonyl (C=O) groups is 1. The minimum atomic E-state index is -0.400. The standard InChI is InChI=1S/C23H32N2O2/c1-14-5-3-6-15(2)20(14)24-22(26)19-7-4-8-25(19)21-17-9-16-10-18(21)13-23(27,11-16)12-17/h3,5-6,16-19,21,27H,4,7-13H2,1-2H3,(H,24,26). The number of likely N-dealkylation sites (tertiary alicyclic amines) is 1. The van der Waals surface area contributed by atoms with Gasteiger partial charge in [-0.05, 0) is 94.2 Å². The van der Waals surface area contributed by atoms with Crippen LogP contribution in [0.2, 0.25) is 0 Å². The molecule has 0 aromatic heterocycles. The van der Waals surface area contributed by atoms with Gasteiger partial charge < -0.3 is 10.4 Å². The lowest BCUT2D eigenvalue weighted by Crippen LogP contribution is -2.63. The highest BCUT2D eigenvalue weighted by atomic mass is 16.3. The molecular weight excluding hydrogens is 336 g/mol. The maximum atomic E-state index is 13.2. The van der Waals surface area contributed by atoms with Gasteiger partial charge in [-0.2, -0.15) is 0 Å². The van der Waals surface area contributed by atoms with E-state index in [2.05, 4.69) is 36.2 Å². The second kappa shape index (κ2) is 6.31. The number of aryl methyl sites for hydroxylation is 2. The van der Waals surface area contributed by atoms with Crippen LogP contribution in [0.5, 0.6) is 0 Å². The summed E-state index contributed by atoms with van der Waals surface area (Å²) in [4.78, 5) is 15.8. The van der Waals surface area contributed by atoms with Crippen LogP contribution >= 0.6 is 0 Å². The summed E-state index contributed by atoms with van der Waals surface area (Å²) in [6, 6.07) is 6.65. The van der Waals surface area contributed by atoms with Crippen molar-refractivity contribution in [2.75, 3.05) is 11.9 Å². The SMILES string of the molecule is Cc1cccc(C)c1NC(=O)C1CCCN1C1C2CC3CC1CC(O)(C3)C2. The second-order valence-electron chi connectivity index (χ2n) is 9.84. The van der Waals surface area contributed by atoms with E-state index in [0.717, 1.165) is 55.5 Å². The summed E-state index contributed by atoms with van der Waals surface area (Å²) in [5.41, 5.74) is 2.84. The van der Waals surface area contributed by atoms with Crippen molar-refractivity contribution in [2.24, 2.45) is 17.8 Å². The number of benzene rings is 1. The molecular formula is C23H32N2O2. The Hall–Kier alpha value is -1.39. The number of aliphatic hydroxyl groups is 1. The highest BCUT2D eigenvalue weighted by Gasteiger charge is 2.57. The highest BCUT2D eigenvalue weighted by Crippen LogP contribution is 2.57. The predicted molar refractivity (Wildman–Crippen MR) is 107 cm³/mol. The fourth-order valence-electron chi connectivity index (χ4n) is 7.14. The van der Waals surface area contributed by atoms with E-state index in [4.69, 9.17) is 0 Å². The molecule has 4 saturated carbocycles. The van der Waals surface area contributed by atoms with Crippen LogP contribution in [0.15, 0.2) is 18.2 Å². The third-order valence-corrected chi connectivity index (χ3v) is 7.90. The van der Waals surface area contributed by atoms with Crippen LogP contribution in [0.1, 0.15) is 56.1 Å². The molecule has 5 aliphatic rings. The highest BCUT2D eigenvalue weighted by molar-refractivity contribution is 5.96. The van der Waals surface area contributed by atoms with E-state index < -0.39 is 5.60 Å². The lowest BCUT2D eigenvalue weighted by molar-refractivity contribution is -0.163. The van der Waals surface area contributed by atoms with Gasteiger partial charge in [0.1, 0.15) is 0 Å². The Kier molecular flexibility index (Phi) is 4.14. The third-order valence-electron chi connectivity index (χ3n) is 7.90. The fourth-order valence-corrected chi connectivity index (χ4v) is 7.14. The second-order valence-corrected chi connectivity index (χ2v) is 9.84. The molecule has 1 aromatic rings. The molecule has 146 valence electrons. The number of carbonyl (C=O) groups excluding carboxylic acids is 1. The van der Waals surface area contributed by atoms with Crippen LogP contribution in [0.25, 0.3) is 0 Å². The number of anilines is 1. The number of hydrogen-bond donors (Lipinski definition) is 2. The van der Waals surface area contributed by atoms with E-state index in [1.54, 1.807) is 0 Å². The molecule has 6 rings (SSSR count).